The summed E-state index contributed by atoms with van der Waals surface area (Å²) >= 11 is 0. The summed E-state index contributed by atoms with van der Waals surface area (Å²) in [5.41, 5.74) is 0.0532. The maximum atomic E-state index is 5.09. The van der Waals surface area contributed by atoms with E-state index >= 15 is 0 Å². The third-order valence-corrected chi connectivity index (χ3v) is 2.63. The highest BCUT2D eigenvalue weighted by atomic mass is 17.3. The summed E-state index contributed by atoms with van der Waals surface area (Å²) < 4.78 is 0. The van der Waals surface area contributed by atoms with E-state index in [-0.39, 0.29) is 17.1 Å². The minimum Gasteiger partial charge on any atom is -0.230 e. The first-order valence-corrected chi connectivity index (χ1v) is 3.72. The van der Waals surface area contributed by atoms with Gasteiger partial charge in [-0.25, -0.2) is 9.78 Å². The van der Waals surface area contributed by atoms with E-state index in [0.717, 1.165) is 0 Å². The molecule has 0 N–H and O–H groups in total. The molecular formula is C8H16O2. The zero-order valence-corrected chi connectivity index (χ0v) is 7.39. The minimum absolute atomic E-state index is 0.104. The second-order valence-electron chi connectivity index (χ2n) is 4.18. The molecule has 1 saturated heterocycles. The van der Waals surface area contributed by atoms with Crippen LogP contribution in [0.2, 0.25) is 0 Å². The Hall–Kier alpha value is -0.0800. The average molecular weight is 144 g/mol. The molecule has 2 heteroatoms. The van der Waals surface area contributed by atoms with Gasteiger partial charge in [-0.1, -0.05) is 20.8 Å². The molecule has 1 heterocycles. The van der Waals surface area contributed by atoms with Gasteiger partial charge >= 0.3 is 0 Å². The topological polar surface area (TPSA) is 18.5 Å². The van der Waals surface area contributed by atoms with Gasteiger partial charge in [0.2, 0.25) is 0 Å². The molecular weight excluding hydrogens is 128 g/mol. The standard InChI is InChI=1S/C8H16O2/c1-6-8(5,10-9-6)7(2,3)4/h6H,1-5H3. The molecule has 0 amide bonds. The molecule has 0 spiro atoms. The second-order valence-corrected chi connectivity index (χ2v) is 4.18. The molecule has 0 bridgehead atoms. The highest BCUT2D eigenvalue weighted by Crippen LogP contribution is 2.43. The molecule has 2 unspecified atom stereocenters. The van der Waals surface area contributed by atoms with E-state index in [4.69, 9.17) is 9.78 Å². The normalized spacial score (nSPS) is 41.1. The molecule has 60 valence electrons. The van der Waals surface area contributed by atoms with Crippen molar-refractivity contribution in [3.63, 3.8) is 0 Å². The lowest BCUT2D eigenvalue weighted by Crippen LogP contribution is -2.60. The average Bonchev–Trinajstić information content (AvgIpc) is 1.80. The van der Waals surface area contributed by atoms with Crippen LogP contribution in [0.5, 0.6) is 0 Å². The molecule has 0 aromatic heterocycles. The molecule has 0 aromatic carbocycles. The van der Waals surface area contributed by atoms with Crippen LogP contribution in [-0.2, 0) is 9.78 Å². The first kappa shape index (κ1) is 8.02. The number of hydrogen-bond acceptors (Lipinski definition) is 2. The van der Waals surface area contributed by atoms with E-state index in [0.29, 0.717) is 0 Å². The van der Waals surface area contributed by atoms with Crippen LogP contribution in [-0.4, -0.2) is 11.7 Å². The summed E-state index contributed by atoms with van der Waals surface area (Å²) in [7, 11) is 0. The number of hydrogen-bond donors (Lipinski definition) is 0. The van der Waals surface area contributed by atoms with Gasteiger partial charge in [-0.15, -0.1) is 0 Å². The molecule has 0 saturated carbocycles. The summed E-state index contributed by atoms with van der Waals surface area (Å²) in [5.74, 6) is 0. The van der Waals surface area contributed by atoms with Gasteiger partial charge in [0.1, 0.15) is 11.7 Å². The van der Waals surface area contributed by atoms with E-state index in [1.807, 2.05) is 6.92 Å². The van der Waals surface area contributed by atoms with E-state index in [1.165, 1.54) is 0 Å². The van der Waals surface area contributed by atoms with Crippen LogP contribution in [0.15, 0.2) is 0 Å². The fourth-order valence-corrected chi connectivity index (χ4v) is 1.02. The van der Waals surface area contributed by atoms with E-state index in [1.54, 1.807) is 0 Å². The van der Waals surface area contributed by atoms with Crippen LogP contribution in [0, 0.1) is 5.41 Å². The van der Waals surface area contributed by atoms with E-state index in [2.05, 4.69) is 27.7 Å². The molecule has 2 nitrogen and oxygen atoms in total. The van der Waals surface area contributed by atoms with Crippen LogP contribution in [0.4, 0.5) is 0 Å². The fourth-order valence-electron chi connectivity index (χ4n) is 1.02. The van der Waals surface area contributed by atoms with Gasteiger partial charge in [-0.3, -0.25) is 0 Å². The molecule has 0 aliphatic carbocycles. The van der Waals surface area contributed by atoms with Crippen LogP contribution < -0.4 is 0 Å². The quantitative estimate of drug-likeness (QED) is 0.485. The molecule has 1 aliphatic rings. The Labute approximate surface area is 62.4 Å². The van der Waals surface area contributed by atoms with Crippen LogP contribution in [0.25, 0.3) is 0 Å². The van der Waals surface area contributed by atoms with Gasteiger partial charge in [0.15, 0.2) is 0 Å². The second kappa shape index (κ2) is 1.95. The largest absolute Gasteiger partial charge is 0.230 e. The Morgan fingerprint density at radius 1 is 1.30 bits per heavy atom. The molecule has 2 atom stereocenters. The SMILES string of the molecule is CC1OOC1(C)C(C)(C)C. The predicted molar refractivity (Wildman–Crippen MR) is 39.5 cm³/mol. The van der Waals surface area contributed by atoms with Gasteiger partial charge in [-0.2, -0.15) is 0 Å². The third-order valence-electron chi connectivity index (χ3n) is 2.63. The molecule has 10 heavy (non-hydrogen) atoms. The van der Waals surface area contributed by atoms with Crippen LogP contribution >= 0.6 is 0 Å². The molecule has 0 radical (unpaired) electrons. The van der Waals surface area contributed by atoms with Crippen molar-refractivity contribution in [3.8, 4) is 0 Å². The van der Waals surface area contributed by atoms with E-state index < -0.39 is 0 Å². The van der Waals surface area contributed by atoms with Crippen molar-refractivity contribution < 1.29 is 9.78 Å². The maximum Gasteiger partial charge on any atom is 0.134 e. The predicted octanol–water partition coefficient (Wildman–Crippen LogP) is 2.14. The summed E-state index contributed by atoms with van der Waals surface area (Å²) in [6, 6.07) is 0. The van der Waals surface area contributed by atoms with Gasteiger partial charge in [-0.05, 0) is 19.3 Å². The monoisotopic (exact) mass is 144 g/mol. The lowest BCUT2D eigenvalue weighted by Gasteiger charge is -2.51. The van der Waals surface area contributed by atoms with Gasteiger partial charge in [0.05, 0.1) is 0 Å². The Bertz CT molecular complexity index is 137. The van der Waals surface area contributed by atoms with Gasteiger partial charge in [0.25, 0.3) is 0 Å². The highest BCUT2D eigenvalue weighted by Gasteiger charge is 2.52. The van der Waals surface area contributed by atoms with Gasteiger partial charge < -0.3 is 0 Å². The lowest BCUT2D eigenvalue weighted by molar-refractivity contribution is -0.521. The minimum atomic E-state index is -0.104. The summed E-state index contributed by atoms with van der Waals surface area (Å²) in [6.07, 6.45) is 0.215. The first-order valence-electron chi connectivity index (χ1n) is 3.72. The van der Waals surface area contributed by atoms with Crippen LogP contribution in [0.3, 0.4) is 0 Å². The molecule has 1 fully saturated rings. The van der Waals surface area contributed by atoms with Crippen molar-refractivity contribution in [1.82, 2.24) is 0 Å². The Morgan fingerprint density at radius 2 is 1.80 bits per heavy atom. The number of rotatable bonds is 0. The summed E-state index contributed by atoms with van der Waals surface area (Å²) in [6.45, 7) is 10.6. The smallest absolute Gasteiger partial charge is 0.134 e. The summed E-state index contributed by atoms with van der Waals surface area (Å²) in [5, 5.41) is 0. The van der Waals surface area contributed by atoms with Gasteiger partial charge in [0, 0.05) is 0 Å². The van der Waals surface area contributed by atoms with Crippen molar-refractivity contribution in [3.05, 3.63) is 0 Å². The van der Waals surface area contributed by atoms with E-state index in [9.17, 15) is 0 Å². The molecule has 1 rings (SSSR count). The summed E-state index contributed by atoms with van der Waals surface area (Å²) in [4.78, 5) is 9.97. The molecule has 1 aliphatic heterocycles. The van der Waals surface area contributed by atoms with Crippen molar-refractivity contribution in [1.29, 1.82) is 0 Å². The maximum absolute atomic E-state index is 5.09. The Morgan fingerprint density at radius 3 is 1.80 bits per heavy atom. The van der Waals surface area contributed by atoms with Crippen molar-refractivity contribution >= 4 is 0 Å². The zero-order chi connectivity index (χ0) is 7.99. The third kappa shape index (κ3) is 0.867. The fraction of sp³-hybridized carbons (Fsp3) is 1.00. The van der Waals surface area contributed by atoms with Crippen molar-refractivity contribution in [2.75, 3.05) is 0 Å². The van der Waals surface area contributed by atoms with Crippen molar-refractivity contribution in [2.24, 2.45) is 5.41 Å². The Kier molecular flexibility index (Phi) is 1.57. The lowest BCUT2D eigenvalue weighted by atomic mass is 9.74. The Balaban J connectivity index is 2.70. The molecule has 0 aromatic rings. The highest BCUT2D eigenvalue weighted by molar-refractivity contribution is 4.95. The van der Waals surface area contributed by atoms with Crippen molar-refractivity contribution in [2.45, 2.75) is 46.3 Å². The first-order chi connectivity index (χ1) is 4.38. The zero-order valence-electron chi connectivity index (χ0n) is 7.39. The van der Waals surface area contributed by atoms with Crippen LogP contribution in [0.1, 0.15) is 34.6 Å².